The molecule has 1 saturated heterocycles. The molecule has 1 heterocycles. The fourth-order valence-corrected chi connectivity index (χ4v) is 2.55. The van der Waals surface area contributed by atoms with Gasteiger partial charge < -0.3 is 10.2 Å². The minimum atomic E-state index is 0.289. The zero-order chi connectivity index (χ0) is 13.7. The number of carbonyl (C=O) groups is 1. The van der Waals surface area contributed by atoms with Crippen LogP contribution >= 0.6 is 0 Å². The van der Waals surface area contributed by atoms with E-state index in [2.05, 4.69) is 37.4 Å². The van der Waals surface area contributed by atoms with E-state index in [1.54, 1.807) is 0 Å². The summed E-state index contributed by atoms with van der Waals surface area (Å²) in [6.45, 7) is 6.84. The molecule has 1 amide bonds. The van der Waals surface area contributed by atoms with E-state index in [4.69, 9.17) is 0 Å². The molecule has 1 aliphatic rings. The molecule has 0 atom stereocenters. The number of piperidine rings is 1. The summed E-state index contributed by atoms with van der Waals surface area (Å²) in [6, 6.07) is 6.24. The molecular weight excluding hydrogens is 236 g/mol. The summed E-state index contributed by atoms with van der Waals surface area (Å²) >= 11 is 0. The first-order valence-electron chi connectivity index (χ1n) is 7.26. The van der Waals surface area contributed by atoms with Crippen molar-refractivity contribution in [2.75, 3.05) is 25.0 Å². The van der Waals surface area contributed by atoms with Gasteiger partial charge in [-0.2, -0.15) is 0 Å². The molecule has 1 aromatic carbocycles. The Morgan fingerprint density at radius 1 is 1.21 bits per heavy atom. The first-order valence-corrected chi connectivity index (χ1v) is 7.26. The third-order valence-electron chi connectivity index (χ3n) is 3.97. The molecule has 2 rings (SSSR count). The highest BCUT2D eigenvalue weighted by atomic mass is 16.2. The van der Waals surface area contributed by atoms with Crippen LogP contribution in [0.3, 0.4) is 0 Å². The third-order valence-corrected chi connectivity index (χ3v) is 3.97. The second kappa shape index (κ2) is 6.60. The highest BCUT2D eigenvalue weighted by Crippen LogP contribution is 2.18. The molecule has 0 aliphatic carbocycles. The van der Waals surface area contributed by atoms with Gasteiger partial charge in [0, 0.05) is 31.7 Å². The Kier molecular flexibility index (Phi) is 4.83. The number of benzene rings is 1. The van der Waals surface area contributed by atoms with Crippen molar-refractivity contribution in [3.8, 4) is 0 Å². The lowest BCUT2D eigenvalue weighted by atomic mass is 10.1. The van der Waals surface area contributed by atoms with Gasteiger partial charge in [0.25, 0.3) is 0 Å². The van der Waals surface area contributed by atoms with E-state index in [1.807, 2.05) is 4.90 Å². The van der Waals surface area contributed by atoms with Crippen LogP contribution in [-0.4, -0.2) is 30.4 Å². The maximum absolute atomic E-state index is 12.0. The molecule has 3 heteroatoms. The van der Waals surface area contributed by atoms with Gasteiger partial charge in [0.2, 0.25) is 5.91 Å². The van der Waals surface area contributed by atoms with Crippen LogP contribution in [0, 0.1) is 13.8 Å². The zero-order valence-corrected chi connectivity index (χ0v) is 12.0. The minimum absolute atomic E-state index is 0.289. The number of nitrogens with one attached hydrogen (secondary N) is 1. The molecule has 1 aromatic rings. The number of likely N-dealkylation sites (tertiary alicyclic amines) is 1. The molecule has 1 N–H and O–H groups in total. The van der Waals surface area contributed by atoms with Crippen molar-refractivity contribution in [1.29, 1.82) is 0 Å². The van der Waals surface area contributed by atoms with E-state index < -0.39 is 0 Å². The largest absolute Gasteiger partial charge is 0.384 e. The highest BCUT2D eigenvalue weighted by Gasteiger charge is 2.15. The molecule has 0 bridgehead atoms. The smallest absolute Gasteiger partial charge is 0.224 e. The maximum Gasteiger partial charge on any atom is 0.224 e. The Bertz CT molecular complexity index is 436. The van der Waals surface area contributed by atoms with Crippen molar-refractivity contribution in [1.82, 2.24) is 4.90 Å². The summed E-state index contributed by atoms with van der Waals surface area (Å²) in [5.74, 6) is 0.289. The van der Waals surface area contributed by atoms with Crippen LogP contribution in [0.1, 0.15) is 36.8 Å². The number of nitrogens with zero attached hydrogens (tertiary/aromatic N) is 1. The van der Waals surface area contributed by atoms with E-state index in [9.17, 15) is 4.79 Å². The predicted molar refractivity (Wildman–Crippen MR) is 79.5 cm³/mol. The topological polar surface area (TPSA) is 32.3 Å². The normalized spacial score (nSPS) is 15.4. The van der Waals surface area contributed by atoms with E-state index in [1.165, 1.54) is 17.5 Å². The molecule has 19 heavy (non-hydrogen) atoms. The summed E-state index contributed by atoms with van der Waals surface area (Å²) in [5, 5.41) is 3.38. The number of rotatable bonds is 4. The lowest BCUT2D eigenvalue weighted by molar-refractivity contribution is -0.131. The standard InChI is InChI=1S/C16H24N2O/c1-13-7-6-8-15(14(13)2)17-10-9-16(19)18-11-4-3-5-12-18/h6-8,17H,3-5,9-12H2,1-2H3. The Morgan fingerprint density at radius 3 is 2.68 bits per heavy atom. The fraction of sp³-hybridized carbons (Fsp3) is 0.562. The van der Waals surface area contributed by atoms with Gasteiger partial charge in [-0.1, -0.05) is 12.1 Å². The van der Waals surface area contributed by atoms with Crippen LogP contribution in [0.5, 0.6) is 0 Å². The monoisotopic (exact) mass is 260 g/mol. The summed E-state index contributed by atoms with van der Waals surface area (Å²) in [7, 11) is 0. The second-order valence-corrected chi connectivity index (χ2v) is 5.37. The molecular formula is C16H24N2O. The first kappa shape index (κ1) is 13.9. The van der Waals surface area contributed by atoms with Gasteiger partial charge >= 0.3 is 0 Å². The summed E-state index contributed by atoms with van der Waals surface area (Å²) in [4.78, 5) is 14.0. The molecule has 1 aliphatic heterocycles. The minimum Gasteiger partial charge on any atom is -0.384 e. The summed E-state index contributed by atoms with van der Waals surface area (Å²) < 4.78 is 0. The van der Waals surface area contributed by atoms with Crippen molar-refractivity contribution < 1.29 is 4.79 Å². The second-order valence-electron chi connectivity index (χ2n) is 5.37. The number of hydrogen-bond acceptors (Lipinski definition) is 2. The molecule has 0 unspecified atom stereocenters. The fourth-order valence-electron chi connectivity index (χ4n) is 2.55. The lowest BCUT2D eigenvalue weighted by Crippen LogP contribution is -2.36. The number of aryl methyl sites for hydroxylation is 1. The number of hydrogen-bond donors (Lipinski definition) is 1. The molecule has 3 nitrogen and oxygen atoms in total. The van der Waals surface area contributed by atoms with Crippen LogP contribution in [-0.2, 0) is 4.79 Å². The van der Waals surface area contributed by atoms with Crippen molar-refractivity contribution in [2.45, 2.75) is 39.5 Å². The lowest BCUT2D eigenvalue weighted by Gasteiger charge is -2.26. The molecule has 1 fully saturated rings. The number of anilines is 1. The van der Waals surface area contributed by atoms with E-state index >= 15 is 0 Å². The molecule has 0 radical (unpaired) electrons. The average molecular weight is 260 g/mol. The molecule has 0 aromatic heterocycles. The molecule has 0 saturated carbocycles. The van der Waals surface area contributed by atoms with E-state index in [0.717, 1.165) is 38.2 Å². The molecule has 104 valence electrons. The van der Waals surface area contributed by atoms with Crippen molar-refractivity contribution in [3.63, 3.8) is 0 Å². The molecule has 0 spiro atoms. The maximum atomic E-state index is 12.0. The zero-order valence-electron chi connectivity index (χ0n) is 12.0. The van der Waals surface area contributed by atoms with Crippen LogP contribution in [0.4, 0.5) is 5.69 Å². The van der Waals surface area contributed by atoms with Gasteiger partial charge in [0.15, 0.2) is 0 Å². The van der Waals surface area contributed by atoms with Gasteiger partial charge in [0.05, 0.1) is 0 Å². The number of carbonyl (C=O) groups excluding carboxylic acids is 1. The Hall–Kier alpha value is -1.51. The van der Waals surface area contributed by atoms with Gasteiger partial charge in [-0.05, 0) is 50.3 Å². The SMILES string of the molecule is Cc1cccc(NCCC(=O)N2CCCCC2)c1C. The van der Waals surface area contributed by atoms with Gasteiger partial charge in [-0.15, -0.1) is 0 Å². The van der Waals surface area contributed by atoms with Crippen LogP contribution in [0.15, 0.2) is 18.2 Å². The highest BCUT2D eigenvalue weighted by molar-refractivity contribution is 5.76. The van der Waals surface area contributed by atoms with Crippen LogP contribution in [0.2, 0.25) is 0 Å². The van der Waals surface area contributed by atoms with Crippen molar-refractivity contribution in [2.24, 2.45) is 0 Å². The third kappa shape index (κ3) is 3.72. The van der Waals surface area contributed by atoms with E-state index in [-0.39, 0.29) is 5.91 Å². The van der Waals surface area contributed by atoms with E-state index in [0.29, 0.717) is 6.42 Å². The van der Waals surface area contributed by atoms with Crippen molar-refractivity contribution in [3.05, 3.63) is 29.3 Å². The van der Waals surface area contributed by atoms with Crippen LogP contribution in [0.25, 0.3) is 0 Å². The van der Waals surface area contributed by atoms with Crippen LogP contribution < -0.4 is 5.32 Å². The summed E-state index contributed by atoms with van der Waals surface area (Å²) in [6.07, 6.45) is 4.18. The van der Waals surface area contributed by atoms with Gasteiger partial charge in [-0.3, -0.25) is 4.79 Å². The first-order chi connectivity index (χ1) is 9.18. The Morgan fingerprint density at radius 2 is 1.95 bits per heavy atom. The average Bonchev–Trinajstić information content (AvgIpc) is 2.44. The summed E-state index contributed by atoms with van der Waals surface area (Å²) in [5.41, 5.74) is 3.70. The van der Waals surface area contributed by atoms with Crippen molar-refractivity contribution >= 4 is 11.6 Å². The quantitative estimate of drug-likeness (QED) is 0.902. The Labute approximate surface area is 116 Å². The van der Waals surface area contributed by atoms with Gasteiger partial charge in [0.1, 0.15) is 0 Å². The predicted octanol–water partition coefficient (Wildman–Crippen LogP) is 3.12. The number of amides is 1. The van der Waals surface area contributed by atoms with Gasteiger partial charge in [-0.25, -0.2) is 0 Å². The Balaban J connectivity index is 1.79.